The molecule has 0 aromatic carbocycles. The highest BCUT2D eigenvalue weighted by Crippen LogP contribution is 2.06. The standard InChI is InChI=1S/C20H26N4O4/c1-15(17-9-7-13-27-17)21-23-19(25)11-5-3-4-6-12-20(26)24-22-16(2)18-10-8-14-28-18/h7-10,13-14H,3-6,11-12H2,1-2H3,(H,23,25)(H,24,26)/b21-15+,22-16+. The fourth-order valence-electron chi connectivity index (χ4n) is 2.41. The second kappa shape index (κ2) is 11.5. The first-order valence-corrected chi connectivity index (χ1v) is 9.30. The molecule has 0 bridgehead atoms. The van der Waals surface area contributed by atoms with Gasteiger partial charge < -0.3 is 8.83 Å². The number of hydrazone groups is 2. The van der Waals surface area contributed by atoms with Crippen LogP contribution < -0.4 is 10.9 Å². The third kappa shape index (κ3) is 7.61. The molecule has 8 heteroatoms. The van der Waals surface area contributed by atoms with E-state index in [1.807, 2.05) is 0 Å². The number of nitrogens with one attached hydrogen (secondary N) is 2. The average Bonchev–Trinajstić information content (AvgIpc) is 3.40. The zero-order valence-electron chi connectivity index (χ0n) is 16.2. The van der Waals surface area contributed by atoms with Crippen molar-refractivity contribution in [3.63, 3.8) is 0 Å². The van der Waals surface area contributed by atoms with Crippen LogP contribution in [0, 0.1) is 0 Å². The van der Waals surface area contributed by atoms with Crippen molar-refractivity contribution in [1.29, 1.82) is 0 Å². The van der Waals surface area contributed by atoms with Crippen LogP contribution in [0.3, 0.4) is 0 Å². The van der Waals surface area contributed by atoms with Gasteiger partial charge in [-0.25, -0.2) is 10.9 Å². The Morgan fingerprint density at radius 1 is 0.786 bits per heavy atom. The molecule has 0 radical (unpaired) electrons. The zero-order chi connectivity index (χ0) is 20.2. The molecule has 2 aromatic heterocycles. The maximum Gasteiger partial charge on any atom is 0.240 e. The molecular formula is C20H26N4O4. The van der Waals surface area contributed by atoms with Crippen molar-refractivity contribution in [3.8, 4) is 0 Å². The van der Waals surface area contributed by atoms with E-state index in [9.17, 15) is 9.59 Å². The quantitative estimate of drug-likeness (QED) is 0.349. The minimum Gasteiger partial charge on any atom is -0.463 e. The minimum absolute atomic E-state index is 0.133. The number of furan rings is 2. The number of hydrogen-bond acceptors (Lipinski definition) is 6. The molecule has 0 saturated carbocycles. The van der Waals surface area contributed by atoms with Gasteiger partial charge in [-0.2, -0.15) is 10.2 Å². The maximum atomic E-state index is 11.8. The molecule has 2 rings (SSSR count). The van der Waals surface area contributed by atoms with Crippen molar-refractivity contribution < 1.29 is 18.4 Å². The van der Waals surface area contributed by atoms with Gasteiger partial charge in [0, 0.05) is 12.8 Å². The molecule has 2 aromatic rings. The van der Waals surface area contributed by atoms with Gasteiger partial charge in [0.2, 0.25) is 11.8 Å². The monoisotopic (exact) mass is 386 g/mol. The van der Waals surface area contributed by atoms with Crippen LogP contribution in [0.25, 0.3) is 0 Å². The van der Waals surface area contributed by atoms with E-state index < -0.39 is 0 Å². The summed E-state index contributed by atoms with van der Waals surface area (Å²) in [7, 11) is 0. The van der Waals surface area contributed by atoms with E-state index in [2.05, 4.69) is 21.1 Å². The molecule has 0 spiro atoms. The van der Waals surface area contributed by atoms with Gasteiger partial charge in [-0.15, -0.1) is 0 Å². The fraction of sp³-hybridized carbons (Fsp3) is 0.400. The van der Waals surface area contributed by atoms with E-state index >= 15 is 0 Å². The third-order valence-corrected chi connectivity index (χ3v) is 4.01. The van der Waals surface area contributed by atoms with Gasteiger partial charge in [0.25, 0.3) is 0 Å². The van der Waals surface area contributed by atoms with Crippen LogP contribution in [0.15, 0.2) is 55.8 Å². The summed E-state index contributed by atoms with van der Waals surface area (Å²) in [5.41, 5.74) is 6.28. The molecule has 0 fully saturated rings. The molecule has 0 unspecified atom stereocenters. The summed E-state index contributed by atoms with van der Waals surface area (Å²) in [4.78, 5) is 23.5. The SMILES string of the molecule is C/C(=N\NC(=O)CCCCCCC(=O)N/N=C(\C)c1ccco1)c1ccco1. The lowest BCUT2D eigenvalue weighted by Gasteiger charge is -2.03. The second-order valence-corrected chi connectivity index (χ2v) is 6.33. The molecule has 0 saturated heterocycles. The normalized spacial score (nSPS) is 12.1. The van der Waals surface area contributed by atoms with Gasteiger partial charge >= 0.3 is 0 Å². The van der Waals surface area contributed by atoms with Crippen LogP contribution in [-0.4, -0.2) is 23.2 Å². The Kier molecular flexibility index (Phi) is 8.71. The van der Waals surface area contributed by atoms with Crippen molar-refractivity contribution in [2.45, 2.75) is 52.4 Å². The van der Waals surface area contributed by atoms with E-state index in [1.165, 1.54) is 0 Å². The van der Waals surface area contributed by atoms with Crippen LogP contribution in [0.4, 0.5) is 0 Å². The van der Waals surface area contributed by atoms with Crippen molar-refractivity contribution in [2.75, 3.05) is 0 Å². The molecule has 0 aliphatic carbocycles. The van der Waals surface area contributed by atoms with Crippen molar-refractivity contribution in [2.24, 2.45) is 10.2 Å². The smallest absolute Gasteiger partial charge is 0.240 e. The summed E-state index contributed by atoms with van der Waals surface area (Å²) in [6.45, 7) is 3.54. The number of carbonyl (C=O) groups is 2. The summed E-state index contributed by atoms with van der Waals surface area (Å²) in [5, 5.41) is 8.02. The first-order valence-electron chi connectivity index (χ1n) is 9.30. The topological polar surface area (TPSA) is 109 Å². The predicted molar refractivity (Wildman–Crippen MR) is 106 cm³/mol. The number of hydrogen-bond donors (Lipinski definition) is 2. The van der Waals surface area contributed by atoms with E-state index in [0.717, 1.165) is 25.7 Å². The third-order valence-electron chi connectivity index (χ3n) is 4.01. The lowest BCUT2D eigenvalue weighted by Crippen LogP contribution is -2.19. The Labute approximate surface area is 164 Å². The molecule has 2 amide bonds. The van der Waals surface area contributed by atoms with Gasteiger partial charge in [0.1, 0.15) is 22.9 Å². The Morgan fingerprint density at radius 3 is 1.57 bits per heavy atom. The number of unbranched alkanes of at least 4 members (excludes halogenated alkanes) is 3. The number of nitrogens with zero attached hydrogens (tertiary/aromatic N) is 2. The van der Waals surface area contributed by atoms with Crippen LogP contribution in [0.2, 0.25) is 0 Å². The first-order chi connectivity index (χ1) is 13.6. The first kappa shape index (κ1) is 21.1. The highest BCUT2D eigenvalue weighted by molar-refractivity contribution is 5.97. The predicted octanol–water partition coefficient (Wildman–Crippen LogP) is 3.59. The molecule has 150 valence electrons. The second-order valence-electron chi connectivity index (χ2n) is 6.33. The van der Waals surface area contributed by atoms with Gasteiger partial charge in [0.05, 0.1) is 12.5 Å². The Morgan fingerprint density at radius 2 is 1.21 bits per heavy atom. The van der Waals surface area contributed by atoms with Crippen LogP contribution in [0.5, 0.6) is 0 Å². The van der Waals surface area contributed by atoms with Gasteiger partial charge in [-0.05, 0) is 51.0 Å². The number of amides is 2. The Bertz CT molecular complexity index is 724. The molecule has 2 N–H and O–H groups in total. The number of carbonyl (C=O) groups excluding carboxylic acids is 2. The summed E-state index contributed by atoms with van der Waals surface area (Å²) in [6, 6.07) is 7.10. The molecule has 2 heterocycles. The van der Waals surface area contributed by atoms with E-state index in [1.54, 1.807) is 50.6 Å². The fourth-order valence-corrected chi connectivity index (χ4v) is 2.41. The van der Waals surface area contributed by atoms with E-state index in [-0.39, 0.29) is 11.8 Å². The summed E-state index contributed by atoms with van der Waals surface area (Å²) < 4.78 is 10.4. The molecule has 8 nitrogen and oxygen atoms in total. The van der Waals surface area contributed by atoms with Crippen LogP contribution in [0.1, 0.15) is 63.9 Å². The summed E-state index contributed by atoms with van der Waals surface area (Å²) in [6.07, 6.45) is 7.15. The lowest BCUT2D eigenvalue weighted by molar-refractivity contribution is -0.122. The van der Waals surface area contributed by atoms with Crippen molar-refractivity contribution >= 4 is 23.2 Å². The van der Waals surface area contributed by atoms with Gasteiger partial charge in [-0.3, -0.25) is 9.59 Å². The number of rotatable bonds is 11. The van der Waals surface area contributed by atoms with Crippen LogP contribution in [-0.2, 0) is 9.59 Å². The molecule has 28 heavy (non-hydrogen) atoms. The van der Waals surface area contributed by atoms with Crippen molar-refractivity contribution in [1.82, 2.24) is 10.9 Å². The molecular weight excluding hydrogens is 360 g/mol. The zero-order valence-corrected chi connectivity index (χ0v) is 16.2. The van der Waals surface area contributed by atoms with Gasteiger partial charge in [-0.1, -0.05) is 12.8 Å². The van der Waals surface area contributed by atoms with Crippen LogP contribution >= 0.6 is 0 Å². The lowest BCUT2D eigenvalue weighted by atomic mass is 10.1. The van der Waals surface area contributed by atoms with Gasteiger partial charge in [0.15, 0.2) is 0 Å². The minimum atomic E-state index is -0.133. The summed E-state index contributed by atoms with van der Waals surface area (Å²) >= 11 is 0. The maximum absolute atomic E-state index is 11.8. The largest absolute Gasteiger partial charge is 0.463 e. The highest BCUT2D eigenvalue weighted by Gasteiger charge is 2.05. The highest BCUT2D eigenvalue weighted by atomic mass is 16.3. The van der Waals surface area contributed by atoms with E-state index in [4.69, 9.17) is 8.83 Å². The van der Waals surface area contributed by atoms with Crippen molar-refractivity contribution in [3.05, 3.63) is 48.3 Å². The molecule has 0 aliphatic heterocycles. The Balaban J connectivity index is 1.52. The Hall–Kier alpha value is -3.16. The van der Waals surface area contributed by atoms with E-state index in [0.29, 0.717) is 35.8 Å². The summed E-state index contributed by atoms with van der Waals surface area (Å²) in [5.74, 6) is 0.988. The average molecular weight is 386 g/mol. The molecule has 0 atom stereocenters. The molecule has 0 aliphatic rings.